The van der Waals surface area contributed by atoms with Crippen LogP contribution in [0.3, 0.4) is 0 Å². The SMILES string of the molecule is C.COc1cc(OC)c(C(=O)Oc2ccc(C(=O)Oc3ccc(-c4ccc(OC(=O)c5ccc(OC(=O)c6cc(OC)c(OC)cc6OC)cc5)cc4)cc3)cc2)cc1OC. The van der Waals surface area contributed by atoms with Gasteiger partial charge in [-0.1, -0.05) is 31.7 Å². The van der Waals surface area contributed by atoms with Crippen LogP contribution in [0.1, 0.15) is 48.9 Å². The Labute approximate surface area is 352 Å². The van der Waals surface area contributed by atoms with Crippen molar-refractivity contribution in [3.63, 3.8) is 0 Å². The van der Waals surface area contributed by atoms with E-state index < -0.39 is 23.9 Å². The zero-order valence-electron chi connectivity index (χ0n) is 33.3. The standard InChI is InChI=1S/C46H38O14.CH4/c1-51-37-25-41(55-5)39(53-3)23-35(37)45(49)59-33-19-11-29(12-20-33)43(47)57-31-15-7-27(8-16-31)28-9-17-32(18-10-28)58-44(48)30-13-21-34(22-14-30)60-46(50)36-24-40(54-4)42(56-6)26-38(36)52-2;/h7-26H,1-6H3;1H4. The molecule has 0 atom stereocenters. The van der Waals surface area contributed by atoms with Crippen LogP contribution in [0.15, 0.2) is 121 Å². The Morgan fingerprint density at radius 2 is 0.557 bits per heavy atom. The van der Waals surface area contributed by atoms with E-state index in [4.69, 9.17) is 47.4 Å². The molecule has 0 aliphatic heterocycles. The summed E-state index contributed by atoms with van der Waals surface area (Å²) >= 11 is 0. The van der Waals surface area contributed by atoms with Crippen molar-refractivity contribution in [1.29, 1.82) is 0 Å². The fourth-order valence-electron chi connectivity index (χ4n) is 5.78. The third kappa shape index (κ3) is 10.4. The molecule has 0 saturated heterocycles. The fourth-order valence-corrected chi connectivity index (χ4v) is 5.78. The van der Waals surface area contributed by atoms with Crippen LogP contribution >= 0.6 is 0 Å². The zero-order chi connectivity index (χ0) is 42.8. The van der Waals surface area contributed by atoms with E-state index in [0.717, 1.165) is 11.1 Å². The van der Waals surface area contributed by atoms with E-state index in [0.29, 0.717) is 34.5 Å². The number of carbonyl (C=O) groups is 4. The molecule has 0 heterocycles. The fraction of sp³-hybridized carbons (Fsp3) is 0.149. The van der Waals surface area contributed by atoms with Crippen LogP contribution in [0.2, 0.25) is 0 Å². The van der Waals surface area contributed by atoms with Crippen molar-refractivity contribution in [2.75, 3.05) is 42.7 Å². The first-order valence-electron chi connectivity index (χ1n) is 18.0. The molecular weight excluding hydrogens is 789 g/mol. The molecule has 0 saturated carbocycles. The predicted octanol–water partition coefficient (Wildman–Crippen LogP) is 8.92. The molecule has 6 rings (SSSR count). The van der Waals surface area contributed by atoms with Crippen molar-refractivity contribution < 1.29 is 66.5 Å². The Bertz CT molecular complexity index is 2320. The van der Waals surface area contributed by atoms with Crippen LogP contribution in [-0.4, -0.2) is 66.5 Å². The van der Waals surface area contributed by atoms with Gasteiger partial charge in [-0.3, -0.25) is 0 Å². The molecule has 61 heavy (non-hydrogen) atoms. The van der Waals surface area contributed by atoms with Crippen LogP contribution in [0.25, 0.3) is 11.1 Å². The maximum absolute atomic E-state index is 12.9. The van der Waals surface area contributed by atoms with Crippen molar-refractivity contribution in [2.24, 2.45) is 0 Å². The van der Waals surface area contributed by atoms with E-state index in [1.165, 1.54) is 115 Å². The van der Waals surface area contributed by atoms with E-state index in [2.05, 4.69) is 0 Å². The van der Waals surface area contributed by atoms with Gasteiger partial charge in [0.15, 0.2) is 23.0 Å². The van der Waals surface area contributed by atoms with Crippen molar-refractivity contribution >= 4 is 23.9 Å². The molecule has 14 heteroatoms. The van der Waals surface area contributed by atoms with E-state index in [-0.39, 0.29) is 52.7 Å². The van der Waals surface area contributed by atoms with Crippen LogP contribution < -0.4 is 47.4 Å². The summed E-state index contributed by atoms with van der Waals surface area (Å²) in [6.45, 7) is 0. The highest BCUT2D eigenvalue weighted by molar-refractivity contribution is 5.96. The van der Waals surface area contributed by atoms with Gasteiger partial charge in [0.05, 0.1) is 53.8 Å². The highest BCUT2D eigenvalue weighted by Crippen LogP contribution is 2.37. The number of rotatable bonds is 15. The second-order valence-electron chi connectivity index (χ2n) is 12.5. The van der Waals surface area contributed by atoms with Gasteiger partial charge in [0.1, 0.15) is 45.6 Å². The molecule has 0 unspecified atom stereocenters. The summed E-state index contributed by atoms with van der Waals surface area (Å²) in [7, 11) is 8.67. The minimum atomic E-state index is -0.695. The van der Waals surface area contributed by atoms with Crippen molar-refractivity contribution in [3.8, 4) is 68.6 Å². The normalized spacial score (nSPS) is 10.3. The van der Waals surface area contributed by atoms with Crippen LogP contribution in [0.4, 0.5) is 0 Å². The van der Waals surface area contributed by atoms with E-state index in [1.807, 2.05) is 0 Å². The van der Waals surface area contributed by atoms with Crippen molar-refractivity contribution in [2.45, 2.75) is 7.43 Å². The topological polar surface area (TPSA) is 161 Å². The molecule has 6 aromatic rings. The van der Waals surface area contributed by atoms with Gasteiger partial charge >= 0.3 is 23.9 Å². The lowest BCUT2D eigenvalue weighted by molar-refractivity contribution is 0.0717. The summed E-state index contributed by atoms with van der Waals surface area (Å²) < 4.78 is 53.8. The maximum Gasteiger partial charge on any atom is 0.347 e. The molecule has 0 spiro atoms. The van der Waals surface area contributed by atoms with Crippen molar-refractivity contribution in [3.05, 3.63) is 144 Å². The van der Waals surface area contributed by atoms with Crippen LogP contribution in [0, 0.1) is 0 Å². The molecule has 0 fully saturated rings. The summed E-state index contributed by atoms with van der Waals surface area (Å²) in [6.07, 6.45) is 0. The second kappa shape index (κ2) is 20.1. The summed E-state index contributed by atoms with van der Waals surface area (Å²) in [6, 6.07) is 31.5. The Kier molecular flexibility index (Phi) is 14.5. The number of carbonyl (C=O) groups excluding carboxylic acids is 4. The first-order valence-corrected chi connectivity index (χ1v) is 18.0. The Balaban J connectivity index is 0.00000704. The smallest absolute Gasteiger partial charge is 0.347 e. The largest absolute Gasteiger partial charge is 0.496 e. The third-order valence-corrected chi connectivity index (χ3v) is 8.92. The Morgan fingerprint density at radius 3 is 0.836 bits per heavy atom. The van der Waals surface area contributed by atoms with Gasteiger partial charge in [-0.25, -0.2) is 19.2 Å². The molecule has 0 aliphatic carbocycles. The molecule has 14 nitrogen and oxygen atoms in total. The summed E-state index contributed by atoms with van der Waals surface area (Å²) in [5.41, 5.74) is 2.36. The average Bonchev–Trinajstić information content (AvgIpc) is 3.28. The van der Waals surface area contributed by atoms with Gasteiger partial charge < -0.3 is 47.4 Å². The van der Waals surface area contributed by atoms with Gasteiger partial charge in [0, 0.05) is 24.3 Å². The lowest BCUT2D eigenvalue weighted by Gasteiger charge is -2.13. The Hall–Kier alpha value is -8.00. The molecular formula is C47H42O14. The van der Waals surface area contributed by atoms with Gasteiger partial charge in [-0.15, -0.1) is 0 Å². The van der Waals surface area contributed by atoms with E-state index in [9.17, 15) is 19.2 Å². The van der Waals surface area contributed by atoms with Gasteiger partial charge in [-0.2, -0.15) is 0 Å². The average molecular weight is 831 g/mol. The predicted molar refractivity (Wildman–Crippen MR) is 224 cm³/mol. The lowest BCUT2D eigenvalue weighted by atomic mass is 10.1. The maximum atomic E-state index is 12.9. The monoisotopic (exact) mass is 830 g/mol. The summed E-state index contributed by atoms with van der Waals surface area (Å²) in [5, 5.41) is 0. The van der Waals surface area contributed by atoms with Gasteiger partial charge in [0.2, 0.25) is 0 Å². The molecule has 6 aromatic carbocycles. The zero-order valence-corrected chi connectivity index (χ0v) is 33.3. The van der Waals surface area contributed by atoms with Gasteiger partial charge in [0.25, 0.3) is 0 Å². The quantitative estimate of drug-likeness (QED) is 0.0713. The second-order valence-corrected chi connectivity index (χ2v) is 12.5. The minimum Gasteiger partial charge on any atom is -0.496 e. The first-order chi connectivity index (χ1) is 29.1. The number of methoxy groups -OCH3 is 6. The highest BCUT2D eigenvalue weighted by Gasteiger charge is 2.22. The lowest BCUT2D eigenvalue weighted by Crippen LogP contribution is -2.12. The molecule has 0 bridgehead atoms. The minimum absolute atomic E-state index is 0. The molecule has 0 aromatic heterocycles. The van der Waals surface area contributed by atoms with Crippen molar-refractivity contribution in [1.82, 2.24) is 0 Å². The number of ether oxygens (including phenoxy) is 10. The highest BCUT2D eigenvalue weighted by atomic mass is 16.6. The summed E-state index contributed by atoms with van der Waals surface area (Å²) in [5.74, 6) is 0.308. The molecule has 0 N–H and O–H groups in total. The number of benzene rings is 6. The van der Waals surface area contributed by atoms with Gasteiger partial charge in [-0.05, 0) is 83.9 Å². The molecule has 314 valence electrons. The van der Waals surface area contributed by atoms with Crippen LogP contribution in [0.5, 0.6) is 57.5 Å². The summed E-state index contributed by atoms with van der Waals surface area (Å²) in [4.78, 5) is 51.7. The number of hydrogen-bond acceptors (Lipinski definition) is 14. The third-order valence-electron chi connectivity index (χ3n) is 8.92. The molecule has 0 radical (unpaired) electrons. The van der Waals surface area contributed by atoms with E-state index in [1.54, 1.807) is 48.5 Å². The molecule has 0 amide bonds. The van der Waals surface area contributed by atoms with E-state index >= 15 is 0 Å². The Morgan fingerprint density at radius 1 is 0.311 bits per heavy atom. The first kappa shape index (κ1) is 44.1. The number of hydrogen-bond donors (Lipinski definition) is 0. The number of esters is 4. The molecule has 0 aliphatic rings. The van der Waals surface area contributed by atoms with Crippen LogP contribution in [-0.2, 0) is 0 Å².